The first-order valence-corrected chi connectivity index (χ1v) is 7.21. The number of thiophene rings is 1. The van der Waals surface area contributed by atoms with Crippen molar-refractivity contribution in [2.45, 2.75) is 33.2 Å². The zero-order valence-corrected chi connectivity index (χ0v) is 12.5. The number of nitrogens with one attached hydrogen (secondary N) is 1. The minimum Gasteiger partial charge on any atom is -0.362 e. The van der Waals surface area contributed by atoms with Crippen molar-refractivity contribution in [2.75, 3.05) is 5.32 Å². The molecular formula is C14H17N3O2S. The lowest BCUT2D eigenvalue weighted by atomic mass is 10.2. The Morgan fingerprint density at radius 2 is 2.10 bits per heavy atom. The number of nitrogens with zero attached hydrogens (tertiary/aromatic N) is 2. The molecule has 2 heterocycles. The fourth-order valence-electron chi connectivity index (χ4n) is 1.98. The van der Waals surface area contributed by atoms with Crippen LogP contribution in [0.3, 0.4) is 0 Å². The highest BCUT2D eigenvalue weighted by atomic mass is 32.1. The number of nitro groups is 1. The summed E-state index contributed by atoms with van der Waals surface area (Å²) in [7, 11) is 0. The maximum atomic E-state index is 11.0. The molecule has 1 N–H and O–H groups in total. The van der Waals surface area contributed by atoms with Crippen LogP contribution in [-0.2, 0) is 6.42 Å². The summed E-state index contributed by atoms with van der Waals surface area (Å²) in [4.78, 5) is 17.4. The van der Waals surface area contributed by atoms with Crippen LogP contribution in [0.5, 0.6) is 0 Å². The Balaban J connectivity index is 2.12. The minimum absolute atomic E-state index is 0.0183. The molecule has 2 aromatic rings. The van der Waals surface area contributed by atoms with Crippen LogP contribution >= 0.6 is 11.3 Å². The summed E-state index contributed by atoms with van der Waals surface area (Å²) in [5.74, 6) is 0.343. The van der Waals surface area contributed by atoms with Crippen molar-refractivity contribution >= 4 is 22.8 Å². The third-order valence-corrected chi connectivity index (χ3v) is 3.92. The molecule has 2 rings (SSSR count). The second kappa shape index (κ2) is 6.00. The van der Waals surface area contributed by atoms with E-state index in [-0.39, 0.29) is 11.7 Å². The zero-order chi connectivity index (χ0) is 14.7. The zero-order valence-electron chi connectivity index (χ0n) is 11.7. The van der Waals surface area contributed by atoms with Crippen LogP contribution in [-0.4, -0.2) is 15.9 Å². The molecule has 0 radical (unpaired) electrons. The third kappa shape index (κ3) is 3.54. The molecule has 0 fully saturated rings. The molecular weight excluding hydrogens is 274 g/mol. The molecule has 2 aromatic heterocycles. The predicted octanol–water partition coefficient (Wildman–Crippen LogP) is 3.71. The Bertz CT molecular complexity index is 625. The third-order valence-electron chi connectivity index (χ3n) is 2.90. The Hall–Kier alpha value is -1.95. The standard InChI is InChI=1S/C14H17N3O2S/c1-9-4-7-13(17(18)19)14(15-9)16-10(2)8-12-6-5-11(3)20-12/h4-7,10H,8H2,1-3H3,(H,15,16). The molecule has 106 valence electrons. The number of pyridine rings is 1. The first kappa shape index (κ1) is 14.5. The molecule has 1 atom stereocenters. The van der Waals surface area contributed by atoms with E-state index >= 15 is 0 Å². The van der Waals surface area contributed by atoms with Gasteiger partial charge in [-0.3, -0.25) is 10.1 Å². The van der Waals surface area contributed by atoms with Gasteiger partial charge in [0.25, 0.3) is 0 Å². The van der Waals surface area contributed by atoms with Crippen molar-refractivity contribution in [2.24, 2.45) is 0 Å². The predicted molar refractivity (Wildman–Crippen MR) is 81.5 cm³/mol. The van der Waals surface area contributed by atoms with E-state index < -0.39 is 4.92 Å². The van der Waals surface area contributed by atoms with Gasteiger partial charge in [0, 0.05) is 34.0 Å². The summed E-state index contributed by atoms with van der Waals surface area (Å²) >= 11 is 1.75. The van der Waals surface area contributed by atoms with Crippen LogP contribution in [0.15, 0.2) is 24.3 Å². The van der Waals surface area contributed by atoms with Gasteiger partial charge < -0.3 is 5.32 Å². The van der Waals surface area contributed by atoms with Crippen LogP contribution in [0.4, 0.5) is 11.5 Å². The number of anilines is 1. The highest BCUT2D eigenvalue weighted by Crippen LogP contribution is 2.24. The fourth-order valence-corrected chi connectivity index (χ4v) is 3.00. The summed E-state index contributed by atoms with van der Waals surface area (Å²) in [6.07, 6.45) is 0.825. The molecule has 0 amide bonds. The van der Waals surface area contributed by atoms with Crippen molar-refractivity contribution in [1.82, 2.24) is 4.98 Å². The highest BCUT2D eigenvalue weighted by Gasteiger charge is 2.17. The van der Waals surface area contributed by atoms with Crippen molar-refractivity contribution in [3.63, 3.8) is 0 Å². The number of aryl methyl sites for hydroxylation is 2. The number of hydrogen-bond donors (Lipinski definition) is 1. The van der Waals surface area contributed by atoms with Crippen LogP contribution < -0.4 is 5.32 Å². The molecule has 0 aliphatic heterocycles. The molecule has 0 aromatic carbocycles. The maximum absolute atomic E-state index is 11.0. The molecule has 6 heteroatoms. The number of hydrogen-bond acceptors (Lipinski definition) is 5. The van der Waals surface area contributed by atoms with Crippen LogP contribution in [0.1, 0.15) is 22.4 Å². The van der Waals surface area contributed by atoms with E-state index in [1.54, 1.807) is 17.4 Å². The van der Waals surface area contributed by atoms with Gasteiger partial charge in [-0.2, -0.15) is 0 Å². The Morgan fingerprint density at radius 1 is 1.35 bits per heavy atom. The van der Waals surface area contributed by atoms with Gasteiger partial charge >= 0.3 is 5.69 Å². The second-order valence-electron chi connectivity index (χ2n) is 4.84. The van der Waals surface area contributed by atoms with Crippen molar-refractivity contribution in [3.8, 4) is 0 Å². The van der Waals surface area contributed by atoms with Crippen molar-refractivity contribution in [1.29, 1.82) is 0 Å². The van der Waals surface area contributed by atoms with Crippen molar-refractivity contribution < 1.29 is 4.92 Å². The quantitative estimate of drug-likeness (QED) is 0.673. The summed E-state index contributed by atoms with van der Waals surface area (Å²) in [6, 6.07) is 7.40. The average molecular weight is 291 g/mol. The van der Waals surface area contributed by atoms with E-state index in [0.29, 0.717) is 5.82 Å². The molecule has 5 nitrogen and oxygen atoms in total. The van der Waals surface area contributed by atoms with E-state index in [9.17, 15) is 10.1 Å². The summed E-state index contributed by atoms with van der Waals surface area (Å²) in [5.41, 5.74) is 0.780. The number of aromatic nitrogens is 1. The fraction of sp³-hybridized carbons (Fsp3) is 0.357. The van der Waals surface area contributed by atoms with Crippen LogP contribution in [0.25, 0.3) is 0 Å². The van der Waals surface area contributed by atoms with Crippen molar-refractivity contribution in [3.05, 3.63) is 49.8 Å². The normalized spacial score (nSPS) is 12.2. The van der Waals surface area contributed by atoms with E-state index in [1.807, 2.05) is 13.8 Å². The molecule has 1 unspecified atom stereocenters. The first-order valence-electron chi connectivity index (χ1n) is 6.39. The summed E-state index contributed by atoms with van der Waals surface area (Å²) < 4.78 is 0. The first-order chi connectivity index (χ1) is 9.45. The van der Waals surface area contributed by atoms with E-state index in [0.717, 1.165) is 12.1 Å². The smallest absolute Gasteiger partial charge is 0.311 e. The second-order valence-corrected chi connectivity index (χ2v) is 6.21. The Kier molecular flexibility index (Phi) is 4.34. The van der Waals surface area contributed by atoms with Gasteiger partial charge in [0.15, 0.2) is 0 Å². The molecule has 0 saturated heterocycles. The van der Waals surface area contributed by atoms with Crippen LogP contribution in [0.2, 0.25) is 0 Å². The SMILES string of the molecule is Cc1ccc([N+](=O)[O-])c(NC(C)Cc2ccc(C)s2)n1. The van der Waals surface area contributed by atoms with Gasteiger partial charge in [-0.25, -0.2) is 4.98 Å². The molecule has 0 bridgehead atoms. The van der Waals surface area contributed by atoms with E-state index in [1.165, 1.54) is 15.8 Å². The highest BCUT2D eigenvalue weighted by molar-refractivity contribution is 7.11. The Morgan fingerprint density at radius 3 is 2.70 bits per heavy atom. The lowest BCUT2D eigenvalue weighted by Crippen LogP contribution is -2.19. The number of rotatable bonds is 5. The lowest BCUT2D eigenvalue weighted by Gasteiger charge is -2.14. The van der Waals surface area contributed by atoms with Crippen LogP contribution in [0, 0.1) is 24.0 Å². The molecule has 0 spiro atoms. The maximum Gasteiger partial charge on any atom is 0.311 e. The van der Waals surface area contributed by atoms with Gasteiger partial charge in [-0.15, -0.1) is 11.3 Å². The minimum atomic E-state index is -0.406. The van der Waals surface area contributed by atoms with Gasteiger partial charge in [-0.05, 0) is 39.0 Å². The topological polar surface area (TPSA) is 68.1 Å². The van der Waals surface area contributed by atoms with Gasteiger partial charge in [-0.1, -0.05) is 0 Å². The Labute approximate surface area is 121 Å². The van der Waals surface area contributed by atoms with Gasteiger partial charge in [0.05, 0.1) is 4.92 Å². The molecule has 0 saturated carbocycles. The summed E-state index contributed by atoms with van der Waals surface area (Å²) in [6.45, 7) is 5.89. The largest absolute Gasteiger partial charge is 0.362 e. The average Bonchev–Trinajstić information content (AvgIpc) is 2.74. The van der Waals surface area contributed by atoms with Gasteiger partial charge in [0.1, 0.15) is 0 Å². The van der Waals surface area contributed by atoms with E-state index in [2.05, 4.69) is 29.4 Å². The molecule has 20 heavy (non-hydrogen) atoms. The molecule has 0 aliphatic carbocycles. The van der Waals surface area contributed by atoms with E-state index in [4.69, 9.17) is 0 Å². The molecule has 0 aliphatic rings. The lowest BCUT2D eigenvalue weighted by molar-refractivity contribution is -0.384. The van der Waals surface area contributed by atoms with Gasteiger partial charge in [0.2, 0.25) is 5.82 Å². The summed E-state index contributed by atoms with van der Waals surface area (Å²) in [5, 5.41) is 14.1. The monoisotopic (exact) mass is 291 g/mol.